The Morgan fingerprint density at radius 1 is 1.18 bits per heavy atom. The summed E-state index contributed by atoms with van der Waals surface area (Å²) in [5, 5.41) is 23.3. The summed E-state index contributed by atoms with van der Waals surface area (Å²) in [7, 11) is 0. The van der Waals surface area contributed by atoms with Crippen LogP contribution in [-0.4, -0.2) is 11.0 Å². The summed E-state index contributed by atoms with van der Waals surface area (Å²) < 4.78 is 0.468. The Bertz CT molecular complexity index is 555. The Balaban J connectivity index is 2.24. The molecule has 0 saturated heterocycles. The van der Waals surface area contributed by atoms with Crippen molar-refractivity contribution in [2.75, 3.05) is 5.32 Å². The van der Waals surface area contributed by atoms with Crippen LogP contribution in [0, 0.1) is 5.21 Å². The van der Waals surface area contributed by atoms with Crippen LogP contribution in [0.3, 0.4) is 0 Å². The molecule has 0 bridgehead atoms. The molecule has 0 saturated carbocycles. The lowest BCUT2D eigenvalue weighted by Gasteiger charge is -2.06. The van der Waals surface area contributed by atoms with Crippen LogP contribution in [0.4, 0.5) is 5.69 Å². The zero-order valence-corrected chi connectivity index (χ0v) is 8.83. The number of carbonyl (C=O) groups is 1. The second-order valence-electron chi connectivity index (χ2n) is 3.38. The number of aromatic nitrogens is 1. The van der Waals surface area contributed by atoms with Gasteiger partial charge in [-0.25, -0.2) is 0 Å². The van der Waals surface area contributed by atoms with Crippen LogP contribution in [0.15, 0.2) is 48.7 Å². The summed E-state index contributed by atoms with van der Waals surface area (Å²) in [5.74, 6) is -0.615. The number of nitrogens with zero attached hydrogens (tertiary/aromatic N) is 1. The highest BCUT2D eigenvalue weighted by Gasteiger charge is 2.15. The Labute approximate surface area is 97.5 Å². The van der Waals surface area contributed by atoms with Gasteiger partial charge < -0.3 is 15.6 Å². The predicted octanol–water partition coefficient (Wildman–Crippen LogP) is 1.28. The molecule has 5 heteroatoms. The third kappa shape index (κ3) is 2.34. The van der Waals surface area contributed by atoms with E-state index in [1.807, 2.05) is 0 Å². The van der Waals surface area contributed by atoms with Crippen molar-refractivity contribution in [1.29, 1.82) is 0 Å². The lowest BCUT2D eigenvalue weighted by molar-refractivity contribution is -0.607. The molecule has 1 amide bonds. The van der Waals surface area contributed by atoms with E-state index in [1.165, 1.54) is 24.4 Å². The van der Waals surface area contributed by atoms with Gasteiger partial charge in [0.1, 0.15) is 5.75 Å². The molecule has 0 aliphatic carbocycles. The molecule has 0 fully saturated rings. The molecular weight excluding hydrogens is 220 g/mol. The number of para-hydroxylation sites is 2. The first kappa shape index (κ1) is 10.9. The summed E-state index contributed by atoms with van der Waals surface area (Å²) in [5.41, 5.74) is 0.233. The third-order valence-corrected chi connectivity index (χ3v) is 2.21. The molecule has 17 heavy (non-hydrogen) atoms. The molecule has 5 nitrogen and oxygen atoms in total. The number of phenolic OH excluding ortho intramolecular Hbond substituents is 1. The minimum atomic E-state index is -0.567. The average Bonchev–Trinajstić information content (AvgIpc) is 2.32. The number of nitrogens with one attached hydrogen (secondary N) is 1. The van der Waals surface area contributed by atoms with E-state index in [4.69, 9.17) is 0 Å². The molecule has 0 aliphatic heterocycles. The van der Waals surface area contributed by atoms with E-state index >= 15 is 0 Å². The monoisotopic (exact) mass is 230 g/mol. The maximum Gasteiger partial charge on any atom is 0.321 e. The summed E-state index contributed by atoms with van der Waals surface area (Å²) in [6.07, 6.45) is 1.24. The smallest absolute Gasteiger partial charge is 0.321 e. The lowest BCUT2D eigenvalue weighted by atomic mass is 10.2. The first-order chi connectivity index (χ1) is 8.18. The van der Waals surface area contributed by atoms with Gasteiger partial charge in [-0.1, -0.05) is 12.1 Å². The summed E-state index contributed by atoms with van der Waals surface area (Å²) in [6.45, 7) is 0. The minimum Gasteiger partial charge on any atom is -0.618 e. The molecule has 0 unspecified atom stereocenters. The fourth-order valence-electron chi connectivity index (χ4n) is 1.37. The zero-order valence-electron chi connectivity index (χ0n) is 8.83. The van der Waals surface area contributed by atoms with Gasteiger partial charge in [-0.3, -0.25) is 4.79 Å². The molecule has 1 heterocycles. The van der Waals surface area contributed by atoms with Gasteiger partial charge in [-0.15, -0.1) is 0 Å². The normalized spacial score (nSPS) is 9.88. The Kier molecular flexibility index (Phi) is 2.91. The summed E-state index contributed by atoms with van der Waals surface area (Å²) in [4.78, 5) is 11.7. The van der Waals surface area contributed by atoms with Crippen molar-refractivity contribution in [3.63, 3.8) is 0 Å². The van der Waals surface area contributed by atoms with Gasteiger partial charge in [0, 0.05) is 12.1 Å². The average molecular weight is 230 g/mol. The van der Waals surface area contributed by atoms with Crippen molar-refractivity contribution >= 4 is 11.6 Å². The number of aromatic hydroxyl groups is 1. The maximum atomic E-state index is 11.7. The van der Waals surface area contributed by atoms with Crippen LogP contribution in [0.25, 0.3) is 0 Å². The van der Waals surface area contributed by atoms with Crippen LogP contribution in [0.1, 0.15) is 10.5 Å². The van der Waals surface area contributed by atoms with E-state index < -0.39 is 5.91 Å². The third-order valence-electron chi connectivity index (χ3n) is 2.21. The van der Waals surface area contributed by atoms with Crippen molar-refractivity contribution < 1.29 is 14.6 Å². The van der Waals surface area contributed by atoms with Crippen LogP contribution in [-0.2, 0) is 0 Å². The number of hydrogen-bond donors (Lipinski definition) is 2. The maximum absolute atomic E-state index is 11.7. The van der Waals surface area contributed by atoms with Crippen molar-refractivity contribution in [1.82, 2.24) is 0 Å². The van der Waals surface area contributed by atoms with Gasteiger partial charge in [-0.2, -0.15) is 4.73 Å². The number of anilines is 1. The fraction of sp³-hybridized carbons (Fsp3) is 0. The first-order valence-electron chi connectivity index (χ1n) is 4.96. The number of pyridine rings is 1. The SMILES string of the molecule is O=C(Nc1ccccc1O)c1cccc[n+]1[O-]. The molecule has 1 aromatic carbocycles. The van der Waals surface area contributed by atoms with Crippen LogP contribution < -0.4 is 10.0 Å². The quantitative estimate of drug-likeness (QED) is 0.463. The van der Waals surface area contributed by atoms with E-state index in [0.717, 1.165) is 0 Å². The van der Waals surface area contributed by atoms with Crippen molar-refractivity contribution in [2.45, 2.75) is 0 Å². The standard InChI is InChI=1S/C12H10N2O3/c15-11-7-2-1-5-9(11)13-12(16)10-6-3-4-8-14(10)17/h1-8,15H,(H,13,16). The highest BCUT2D eigenvalue weighted by molar-refractivity contribution is 6.02. The molecule has 0 radical (unpaired) electrons. The van der Waals surface area contributed by atoms with Gasteiger partial charge in [0.2, 0.25) is 0 Å². The fourth-order valence-corrected chi connectivity index (χ4v) is 1.37. The number of amides is 1. The van der Waals surface area contributed by atoms with Gasteiger partial charge in [-0.05, 0) is 18.2 Å². The molecule has 86 valence electrons. The molecule has 0 aliphatic rings. The van der Waals surface area contributed by atoms with Crippen LogP contribution in [0.2, 0.25) is 0 Å². The molecule has 0 spiro atoms. The van der Waals surface area contributed by atoms with Gasteiger partial charge in [0.05, 0.1) is 5.69 Å². The van der Waals surface area contributed by atoms with E-state index in [9.17, 15) is 15.1 Å². The van der Waals surface area contributed by atoms with Crippen LogP contribution in [0.5, 0.6) is 5.75 Å². The highest BCUT2D eigenvalue weighted by atomic mass is 16.5. The summed E-state index contributed by atoms with van der Waals surface area (Å²) in [6, 6.07) is 10.8. The van der Waals surface area contributed by atoms with Crippen molar-refractivity contribution in [2.24, 2.45) is 0 Å². The molecular formula is C12H10N2O3. The number of hydrogen-bond acceptors (Lipinski definition) is 3. The van der Waals surface area contributed by atoms with E-state index in [1.54, 1.807) is 24.3 Å². The topological polar surface area (TPSA) is 76.3 Å². The second-order valence-corrected chi connectivity index (χ2v) is 3.38. The second kappa shape index (κ2) is 4.52. The Morgan fingerprint density at radius 3 is 2.59 bits per heavy atom. The summed E-state index contributed by atoms with van der Waals surface area (Å²) >= 11 is 0. The first-order valence-corrected chi connectivity index (χ1v) is 4.96. The van der Waals surface area contributed by atoms with Gasteiger partial charge in [0.25, 0.3) is 5.69 Å². The molecule has 2 N–H and O–H groups in total. The molecule has 2 aromatic rings. The van der Waals surface area contributed by atoms with Gasteiger partial charge >= 0.3 is 5.91 Å². The van der Waals surface area contributed by atoms with E-state index in [0.29, 0.717) is 4.73 Å². The van der Waals surface area contributed by atoms with Crippen LogP contribution >= 0.6 is 0 Å². The van der Waals surface area contributed by atoms with E-state index in [2.05, 4.69) is 5.32 Å². The van der Waals surface area contributed by atoms with Gasteiger partial charge in [0.15, 0.2) is 6.20 Å². The lowest BCUT2D eigenvalue weighted by Crippen LogP contribution is -2.36. The highest BCUT2D eigenvalue weighted by Crippen LogP contribution is 2.21. The number of benzene rings is 1. The zero-order chi connectivity index (χ0) is 12.3. The molecule has 0 atom stereocenters. The largest absolute Gasteiger partial charge is 0.618 e. The van der Waals surface area contributed by atoms with E-state index in [-0.39, 0.29) is 17.1 Å². The Hall–Kier alpha value is -2.56. The molecule has 1 aromatic heterocycles. The predicted molar refractivity (Wildman–Crippen MR) is 61.5 cm³/mol. The van der Waals surface area contributed by atoms with Crippen molar-refractivity contribution in [3.05, 3.63) is 59.6 Å². The number of carbonyl (C=O) groups excluding carboxylic acids is 1. The van der Waals surface area contributed by atoms with Crippen molar-refractivity contribution in [3.8, 4) is 5.75 Å². The minimum absolute atomic E-state index is 0.0317. The number of phenols is 1. The Morgan fingerprint density at radius 2 is 1.88 bits per heavy atom. The number of rotatable bonds is 2. The molecule has 2 rings (SSSR count).